The molecule has 0 heterocycles. The fourth-order valence-corrected chi connectivity index (χ4v) is 0. The van der Waals surface area contributed by atoms with Gasteiger partial charge in [0.05, 0.1) is 0 Å². The number of halogens is 1. The van der Waals surface area contributed by atoms with Gasteiger partial charge in [0.2, 0.25) is 0 Å². The zero-order chi connectivity index (χ0) is 5.41. The summed E-state index contributed by atoms with van der Waals surface area (Å²) in [4.78, 5) is 0. The van der Waals surface area contributed by atoms with Gasteiger partial charge < -0.3 is 11.5 Å². The van der Waals surface area contributed by atoms with E-state index in [1.807, 2.05) is 19.0 Å². The normalized spacial score (nSPS) is 6.17. The topological polar surface area (TPSA) is 52.0 Å². The monoisotopic (exact) mass is 294 g/mol. The number of nitrogens with two attached hydrogens (primary N) is 2. The van der Waals surface area contributed by atoms with E-state index in [1.165, 1.54) is 0 Å². The molecule has 0 fully saturated rings. The van der Waals surface area contributed by atoms with Gasteiger partial charge in [-0.2, -0.15) is 0 Å². The summed E-state index contributed by atoms with van der Waals surface area (Å²) in [5.41, 5.74) is 9.81. The number of hydrogen-bond donors (Lipinski definition) is 2. The molecule has 0 aliphatic carbocycles. The molecular formula is C2H8AgIN2. The quantitative estimate of drug-likeness (QED) is 0.519. The van der Waals surface area contributed by atoms with Crippen LogP contribution in [0, 0.1) is 0 Å². The van der Waals surface area contributed by atoms with Gasteiger partial charge in [0.25, 0.3) is 0 Å². The van der Waals surface area contributed by atoms with Gasteiger partial charge in [0.1, 0.15) is 0 Å². The van der Waals surface area contributed by atoms with Crippen molar-refractivity contribution in [3.8, 4) is 0 Å². The molecule has 0 aromatic carbocycles. The van der Waals surface area contributed by atoms with Crippen LogP contribution in [0.5, 0.6) is 0 Å². The van der Waals surface area contributed by atoms with Crippen molar-refractivity contribution in [1.29, 1.82) is 0 Å². The van der Waals surface area contributed by atoms with E-state index in [1.54, 1.807) is 0 Å². The third-order valence-electron chi connectivity index (χ3n) is 0.167. The first-order valence-corrected chi connectivity index (χ1v) is 5.84. The van der Waals surface area contributed by atoms with Crippen LogP contribution in [0.4, 0.5) is 0 Å². The summed E-state index contributed by atoms with van der Waals surface area (Å²) in [7, 11) is 0. The predicted molar refractivity (Wildman–Crippen MR) is 32.1 cm³/mol. The van der Waals surface area contributed by atoms with Crippen molar-refractivity contribution in [2.45, 2.75) is 0 Å². The van der Waals surface area contributed by atoms with Crippen LogP contribution in [-0.2, 0) is 17.3 Å². The van der Waals surface area contributed by atoms with Crippen LogP contribution in [0.2, 0.25) is 0 Å². The average molecular weight is 295 g/mol. The SMILES string of the molecule is NCCN.[Ag][I]. The third kappa shape index (κ3) is 18.2. The van der Waals surface area contributed by atoms with Crippen LogP contribution >= 0.6 is 19.0 Å². The molecule has 0 radical (unpaired) electrons. The fraction of sp³-hybridized carbons (Fsp3) is 1.00. The van der Waals surface area contributed by atoms with Crippen molar-refractivity contribution in [2.24, 2.45) is 11.5 Å². The van der Waals surface area contributed by atoms with Crippen molar-refractivity contribution in [2.75, 3.05) is 13.1 Å². The third-order valence-corrected chi connectivity index (χ3v) is 0.167. The molecule has 2 nitrogen and oxygen atoms in total. The first-order valence-electron chi connectivity index (χ1n) is 1.43. The van der Waals surface area contributed by atoms with Crippen molar-refractivity contribution in [3.05, 3.63) is 0 Å². The number of hydrogen-bond acceptors (Lipinski definition) is 2. The van der Waals surface area contributed by atoms with E-state index in [4.69, 9.17) is 11.5 Å². The molecule has 6 heavy (non-hydrogen) atoms. The fourth-order valence-electron chi connectivity index (χ4n) is 0. The van der Waals surface area contributed by atoms with E-state index in [2.05, 4.69) is 17.3 Å². The zero-order valence-corrected chi connectivity index (χ0v) is 6.89. The Hall–Kier alpha value is 1.39. The molecule has 44 valence electrons. The molecule has 0 aliphatic heterocycles. The Labute approximate surface area is 60.5 Å². The van der Waals surface area contributed by atoms with Crippen molar-refractivity contribution >= 4 is 19.0 Å². The van der Waals surface area contributed by atoms with E-state index >= 15 is 0 Å². The van der Waals surface area contributed by atoms with Gasteiger partial charge in [0.15, 0.2) is 0 Å². The van der Waals surface area contributed by atoms with Crippen LogP contribution in [0.3, 0.4) is 0 Å². The molecule has 0 atom stereocenters. The van der Waals surface area contributed by atoms with Crippen LogP contribution < -0.4 is 11.5 Å². The van der Waals surface area contributed by atoms with Gasteiger partial charge in [-0.1, -0.05) is 0 Å². The maximum atomic E-state index is 4.90. The molecule has 0 aliphatic rings. The molecule has 0 aromatic heterocycles. The molecule has 0 unspecified atom stereocenters. The van der Waals surface area contributed by atoms with E-state index in [0.717, 1.165) is 0 Å². The molecule has 4 heteroatoms. The van der Waals surface area contributed by atoms with Crippen molar-refractivity contribution in [1.82, 2.24) is 0 Å². The Morgan fingerprint density at radius 3 is 1.33 bits per heavy atom. The van der Waals surface area contributed by atoms with Crippen LogP contribution in [-0.4, -0.2) is 13.1 Å². The minimum atomic E-state index is 0.597. The average Bonchev–Trinajstić information content (AvgIpc) is 1.72. The molecule has 0 saturated heterocycles. The second-order valence-corrected chi connectivity index (χ2v) is 0.577. The van der Waals surface area contributed by atoms with E-state index in [0.29, 0.717) is 13.1 Å². The summed E-state index contributed by atoms with van der Waals surface area (Å²) >= 11 is 4.88. The Kier molecular flexibility index (Phi) is 28.0. The maximum absolute atomic E-state index is 4.90. The molecule has 4 N–H and O–H groups in total. The van der Waals surface area contributed by atoms with Gasteiger partial charge >= 0.3 is 36.3 Å². The van der Waals surface area contributed by atoms with Gasteiger partial charge in [-0.05, 0) is 0 Å². The molecular weight excluding hydrogens is 287 g/mol. The van der Waals surface area contributed by atoms with Crippen molar-refractivity contribution < 1.29 is 17.3 Å². The summed E-state index contributed by atoms with van der Waals surface area (Å²) in [5, 5.41) is 0. The second-order valence-electron chi connectivity index (χ2n) is 0.577. The van der Waals surface area contributed by atoms with E-state index in [9.17, 15) is 0 Å². The van der Waals surface area contributed by atoms with Crippen LogP contribution in [0.15, 0.2) is 0 Å². The summed E-state index contributed by atoms with van der Waals surface area (Å²) in [6, 6.07) is 0. The Balaban J connectivity index is 0. The van der Waals surface area contributed by atoms with Gasteiger partial charge in [-0.25, -0.2) is 0 Å². The summed E-state index contributed by atoms with van der Waals surface area (Å²) in [6.07, 6.45) is 0. The van der Waals surface area contributed by atoms with Crippen LogP contribution in [0.25, 0.3) is 0 Å². The van der Waals surface area contributed by atoms with Gasteiger partial charge in [-0.15, -0.1) is 0 Å². The molecule has 0 rings (SSSR count). The Morgan fingerprint density at radius 2 is 1.33 bits per heavy atom. The molecule has 0 aromatic rings. The molecule has 0 spiro atoms. The van der Waals surface area contributed by atoms with Gasteiger partial charge in [0, 0.05) is 13.1 Å². The minimum absolute atomic E-state index is 0.597. The second kappa shape index (κ2) is 16.2. The van der Waals surface area contributed by atoms with E-state index < -0.39 is 0 Å². The first-order chi connectivity index (χ1) is 2.91. The summed E-state index contributed by atoms with van der Waals surface area (Å²) in [6.45, 7) is 1.19. The standard InChI is InChI=1S/C2H8N2.Ag.HI/c3-1-2-4;;/h1-4H2;;1H/q;+1;/p-1. The van der Waals surface area contributed by atoms with Crippen molar-refractivity contribution in [3.63, 3.8) is 0 Å². The van der Waals surface area contributed by atoms with Gasteiger partial charge in [-0.3, -0.25) is 0 Å². The molecule has 0 amide bonds. The first kappa shape index (κ1) is 10.4. The summed E-state index contributed by atoms with van der Waals surface area (Å²) < 4.78 is 0. The predicted octanol–water partition coefficient (Wildman–Crippen LogP) is -0.213. The number of rotatable bonds is 1. The molecule has 0 saturated carbocycles. The molecule has 0 bridgehead atoms. The zero-order valence-electron chi connectivity index (χ0n) is 3.25. The summed E-state index contributed by atoms with van der Waals surface area (Å²) in [5.74, 6) is 0. The Morgan fingerprint density at radius 1 is 1.17 bits per heavy atom. The van der Waals surface area contributed by atoms with E-state index in [-0.39, 0.29) is 0 Å². The Bertz CT molecular complexity index is 13.5. The van der Waals surface area contributed by atoms with Crippen LogP contribution in [0.1, 0.15) is 0 Å².